The fourth-order valence-electron chi connectivity index (χ4n) is 3.44. The topological polar surface area (TPSA) is 122 Å². The Morgan fingerprint density at radius 2 is 1.91 bits per heavy atom. The van der Waals surface area contributed by atoms with E-state index in [4.69, 9.17) is 21.1 Å². The largest absolute Gasteiger partial charge is 0.481 e. The number of halogens is 1. The van der Waals surface area contributed by atoms with Crippen molar-refractivity contribution in [2.45, 2.75) is 42.9 Å². The molecule has 0 saturated heterocycles. The van der Waals surface area contributed by atoms with Gasteiger partial charge < -0.3 is 14.0 Å². The molecule has 170 valence electrons. The summed E-state index contributed by atoms with van der Waals surface area (Å²) in [4.78, 5) is 12.7. The first kappa shape index (κ1) is 22.6. The minimum Gasteiger partial charge on any atom is -0.481 e. The number of aromatic nitrogens is 6. The third kappa shape index (κ3) is 4.59. The highest BCUT2D eigenvalue weighted by Gasteiger charge is 2.37. The predicted octanol–water partition coefficient (Wildman–Crippen LogP) is 2.82. The van der Waals surface area contributed by atoms with Crippen LogP contribution in [0.5, 0.6) is 5.88 Å². The SMILES string of the molecule is COc1cccc(-c2nnc(CS(=O)(=O)[C@@H](C)[C@H](OC)c3ncc(Cl)cn3)n2C2CC2)n1. The zero-order valence-electron chi connectivity index (χ0n) is 17.8. The highest BCUT2D eigenvalue weighted by atomic mass is 35.5. The van der Waals surface area contributed by atoms with E-state index in [2.05, 4.69) is 25.1 Å². The molecule has 0 spiro atoms. The van der Waals surface area contributed by atoms with Crippen LogP contribution in [0.25, 0.3) is 11.5 Å². The fourth-order valence-corrected chi connectivity index (χ4v) is 4.97. The summed E-state index contributed by atoms with van der Waals surface area (Å²) in [5.74, 6) is 1.29. The number of sulfone groups is 1. The zero-order chi connectivity index (χ0) is 22.9. The van der Waals surface area contributed by atoms with Crippen LogP contribution in [0.4, 0.5) is 0 Å². The maximum atomic E-state index is 13.3. The summed E-state index contributed by atoms with van der Waals surface area (Å²) in [6.07, 6.45) is 3.82. The maximum Gasteiger partial charge on any atom is 0.213 e. The Morgan fingerprint density at radius 3 is 2.53 bits per heavy atom. The number of nitrogens with zero attached hydrogens (tertiary/aromatic N) is 6. The van der Waals surface area contributed by atoms with Gasteiger partial charge in [-0.25, -0.2) is 23.4 Å². The lowest BCUT2D eigenvalue weighted by molar-refractivity contribution is 0.0948. The van der Waals surface area contributed by atoms with E-state index < -0.39 is 21.2 Å². The monoisotopic (exact) mass is 478 g/mol. The Morgan fingerprint density at radius 1 is 1.19 bits per heavy atom. The summed E-state index contributed by atoms with van der Waals surface area (Å²) in [7, 11) is -0.739. The minimum atomic E-state index is -3.70. The number of rotatable bonds is 9. The molecule has 32 heavy (non-hydrogen) atoms. The van der Waals surface area contributed by atoms with Gasteiger partial charge in [0.2, 0.25) is 5.88 Å². The van der Waals surface area contributed by atoms with Gasteiger partial charge in [0.05, 0.1) is 17.4 Å². The Bertz CT molecular complexity index is 1200. The van der Waals surface area contributed by atoms with Crippen LogP contribution < -0.4 is 4.74 Å². The molecule has 3 heterocycles. The van der Waals surface area contributed by atoms with Crippen molar-refractivity contribution in [3.8, 4) is 17.4 Å². The van der Waals surface area contributed by atoms with Gasteiger partial charge in [-0.1, -0.05) is 17.7 Å². The van der Waals surface area contributed by atoms with Gasteiger partial charge in [-0.3, -0.25) is 0 Å². The third-order valence-electron chi connectivity index (χ3n) is 5.31. The maximum absolute atomic E-state index is 13.3. The molecule has 0 N–H and O–H groups in total. The number of ether oxygens (including phenoxy) is 2. The van der Waals surface area contributed by atoms with Crippen molar-refractivity contribution in [3.05, 3.63) is 47.3 Å². The van der Waals surface area contributed by atoms with Crippen LogP contribution in [0.15, 0.2) is 30.6 Å². The van der Waals surface area contributed by atoms with Crippen molar-refractivity contribution in [3.63, 3.8) is 0 Å². The van der Waals surface area contributed by atoms with Gasteiger partial charge in [0.25, 0.3) is 0 Å². The van der Waals surface area contributed by atoms with Crippen LogP contribution in [0.2, 0.25) is 5.02 Å². The normalized spacial score (nSPS) is 16.0. The van der Waals surface area contributed by atoms with Gasteiger partial charge in [-0.2, -0.15) is 0 Å². The molecule has 10 nitrogen and oxygen atoms in total. The van der Waals surface area contributed by atoms with E-state index in [0.717, 1.165) is 12.8 Å². The molecule has 1 aliphatic carbocycles. The van der Waals surface area contributed by atoms with E-state index in [1.165, 1.54) is 26.6 Å². The first-order valence-electron chi connectivity index (χ1n) is 10.0. The average Bonchev–Trinajstić information content (AvgIpc) is 3.55. The van der Waals surface area contributed by atoms with E-state index >= 15 is 0 Å². The number of hydrogen-bond acceptors (Lipinski definition) is 9. The molecule has 0 amide bonds. The summed E-state index contributed by atoms with van der Waals surface area (Å²) < 4.78 is 39.1. The molecule has 2 atom stereocenters. The molecule has 0 unspecified atom stereocenters. The highest BCUT2D eigenvalue weighted by Crippen LogP contribution is 2.39. The molecule has 12 heteroatoms. The number of methoxy groups -OCH3 is 2. The van der Waals surface area contributed by atoms with Gasteiger partial charge in [0.15, 0.2) is 21.5 Å². The molecule has 0 bridgehead atoms. The molecule has 1 saturated carbocycles. The zero-order valence-corrected chi connectivity index (χ0v) is 19.4. The predicted molar refractivity (Wildman–Crippen MR) is 117 cm³/mol. The Kier molecular flexibility index (Phi) is 6.40. The molecular formula is C20H23ClN6O4S. The second kappa shape index (κ2) is 9.08. The van der Waals surface area contributed by atoms with Crippen molar-refractivity contribution < 1.29 is 17.9 Å². The fraction of sp³-hybridized carbons (Fsp3) is 0.450. The Labute approximate surface area is 190 Å². The minimum absolute atomic E-state index is 0.145. The molecule has 3 aromatic heterocycles. The van der Waals surface area contributed by atoms with Gasteiger partial charge in [0, 0.05) is 31.6 Å². The van der Waals surface area contributed by atoms with Gasteiger partial charge in [-0.15, -0.1) is 10.2 Å². The third-order valence-corrected chi connectivity index (χ3v) is 7.55. The van der Waals surface area contributed by atoms with Crippen molar-refractivity contribution in [1.82, 2.24) is 29.7 Å². The van der Waals surface area contributed by atoms with Crippen LogP contribution in [0.1, 0.15) is 43.6 Å². The molecule has 0 aliphatic heterocycles. The number of hydrogen-bond donors (Lipinski definition) is 0. The molecule has 4 rings (SSSR count). The molecule has 1 aliphatic rings. The van der Waals surface area contributed by atoms with E-state index in [-0.39, 0.29) is 17.6 Å². The molecular weight excluding hydrogens is 456 g/mol. The average molecular weight is 479 g/mol. The van der Waals surface area contributed by atoms with Crippen LogP contribution >= 0.6 is 11.6 Å². The standard InChI is InChI=1S/C20H23ClN6O4S/c1-12(18(31-3)19-22-9-13(21)10-23-19)32(28,29)11-16-25-26-20(27(16)14-7-8-14)15-5-4-6-17(24-15)30-2/h4-6,9-10,12,14,18H,7-8,11H2,1-3H3/t12-,18-/m0/s1. The first-order valence-corrected chi connectivity index (χ1v) is 12.1. The lowest BCUT2D eigenvalue weighted by atomic mass is 10.2. The summed E-state index contributed by atoms with van der Waals surface area (Å²) in [5, 5.41) is 7.91. The van der Waals surface area contributed by atoms with Crippen LogP contribution in [-0.2, 0) is 20.3 Å². The van der Waals surface area contributed by atoms with Crippen LogP contribution in [-0.4, -0.2) is 57.6 Å². The smallest absolute Gasteiger partial charge is 0.213 e. The van der Waals surface area contributed by atoms with Crippen LogP contribution in [0, 0.1) is 0 Å². The molecule has 0 radical (unpaired) electrons. The second-order valence-corrected chi connectivity index (χ2v) is 10.3. The van der Waals surface area contributed by atoms with Gasteiger partial charge in [0.1, 0.15) is 23.4 Å². The Balaban J connectivity index is 1.64. The van der Waals surface area contributed by atoms with Crippen molar-refractivity contribution >= 4 is 21.4 Å². The molecule has 3 aromatic rings. The highest BCUT2D eigenvalue weighted by molar-refractivity contribution is 7.91. The summed E-state index contributed by atoms with van der Waals surface area (Å²) in [6, 6.07) is 5.48. The van der Waals surface area contributed by atoms with Crippen molar-refractivity contribution in [2.24, 2.45) is 0 Å². The van der Waals surface area contributed by atoms with E-state index in [1.807, 2.05) is 4.57 Å². The Hall–Kier alpha value is -2.63. The van der Waals surface area contributed by atoms with E-state index in [0.29, 0.717) is 28.2 Å². The lowest BCUT2D eigenvalue weighted by Crippen LogP contribution is -2.30. The summed E-state index contributed by atoms with van der Waals surface area (Å²) in [6.45, 7) is 1.57. The van der Waals surface area contributed by atoms with E-state index in [9.17, 15) is 8.42 Å². The number of pyridine rings is 1. The van der Waals surface area contributed by atoms with Gasteiger partial charge in [-0.05, 0) is 25.8 Å². The lowest BCUT2D eigenvalue weighted by Gasteiger charge is -2.21. The quantitative estimate of drug-likeness (QED) is 0.456. The second-order valence-electron chi connectivity index (χ2n) is 7.53. The van der Waals surface area contributed by atoms with Crippen molar-refractivity contribution in [1.29, 1.82) is 0 Å². The first-order chi connectivity index (χ1) is 15.3. The van der Waals surface area contributed by atoms with Crippen molar-refractivity contribution in [2.75, 3.05) is 14.2 Å². The summed E-state index contributed by atoms with van der Waals surface area (Å²) in [5.41, 5.74) is 0.574. The van der Waals surface area contributed by atoms with Crippen LogP contribution in [0.3, 0.4) is 0 Å². The summed E-state index contributed by atoms with van der Waals surface area (Å²) >= 11 is 5.85. The van der Waals surface area contributed by atoms with Gasteiger partial charge >= 0.3 is 0 Å². The molecule has 1 fully saturated rings. The van der Waals surface area contributed by atoms with E-state index in [1.54, 1.807) is 25.1 Å². The molecule has 0 aromatic carbocycles.